The van der Waals surface area contributed by atoms with Crippen LogP contribution in [-0.4, -0.2) is 26.4 Å². The van der Waals surface area contributed by atoms with E-state index in [4.69, 9.17) is 20.5 Å². The smallest absolute Gasteiger partial charge is 0.339 e. The van der Waals surface area contributed by atoms with E-state index in [2.05, 4.69) is 5.32 Å². The summed E-state index contributed by atoms with van der Waals surface area (Å²) in [6, 6.07) is 13.6. The Labute approximate surface area is 188 Å². The first-order valence-corrected chi connectivity index (χ1v) is 10.8. The number of hydrogen-bond donors (Lipinski definition) is 1. The molecule has 0 radical (unpaired) electrons. The van der Waals surface area contributed by atoms with Crippen molar-refractivity contribution in [3.8, 4) is 11.5 Å². The minimum absolute atomic E-state index is 0.0556. The molecule has 166 valence electrons. The van der Waals surface area contributed by atoms with Gasteiger partial charge in [0, 0.05) is 23.4 Å². The van der Waals surface area contributed by atoms with Crippen molar-refractivity contribution in [3.63, 3.8) is 0 Å². The molecule has 0 bridgehead atoms. The van der Waals surface area contributed by atoms with E-state index in [1.807, 2.05) is 0 Å². The van der Waals surface area contributed by atoms with Crippen molar-refractivity contribution in [1.29, 1.82) is 0 Å². The normalized spacial score (nSPS) is 11.0. The zero-order valence-electron chi connectivity index (χ0n) is 16.9. The second kappa shape index (κ2) is 9.25. The van der Waals surface area contributed by atoms with E-state index < -0.39 is 20.9 Å². The van der Waals surface area contributed by atoms with Gasteiger partial charge in [-0.15, -0.1) is 0 Å². The average molecular weight is 477 g/mol. The number of ether oxygens (including phenoxy) is 1. The lowest BCUT2D eigenvalue weighted by atomic mass is 10.2. The number of nitrogens with zero attached hydrogens (tertiary/aromatic N) is 1. The summed E-state index contributed by atoms with van der Waals surface area (Å²) in [5, 5.41) is 13.9. The molecule has 9 nitrogen and oxygen atoms in total. The monoisotopic (exact) mass is 476 g/mol. The van der Waals surface area contributed by atoms with Crippen molar-refractivity contribution in [2.75, 3.05) is 12.4 Å². The third kappa shape index (κ3) is 5.16. The van der Waals surface area contributed by atoms with E-state index in [-0.39, 0.29) is 21.9 Å². The van der Waals surface area contributed by atoms with Crippen LogP contribution >= 0.6 is 11.6 Å². The van der Waals surface area contributed by atoms with Crippen molar-refractivity contribution in [1.82, 2.24) is 0 Å². The summed E-state index contributed by atoms with van der Waals surface area (Å²) in [5.74, 6) is -0.0403. The topological polar surface area (TPSA) is 125 Å². The Morgan fingerprint density at radius 2 is 1.75 bits per heavy atom. The Bertz CT molecular complexity index is 1290. The van der Waals surface area contributed by atoms with Gasteiger partial charge in [-0.1, -0.05) is 17.7 Å². The highest BCUT2D eigenvalue weighted by molar-refractivity contribution is 7.87. The van der Waals surface area contributed by atoms with Crippen molar-refractivity contribution >= 4 is 39.0 Å². The van der Waals surface area contributed by atoms with E-state index in [1.165, 1.54) is 56.5 Å². The number of methoxy groups -OCH3 is 1. The Hall–Kier alpha value is -3.63. The number of non-ortho nitro benzene ring substituents is 1. The van der Waals surface area contributed by atoms with E-state index in [1.54, 1.807) is 12.1 Å². The van der Waals surface area contributed by atoms with Crippen LogP contribution in [0.2, 0.25) is 5.02 Å². The van der Waals surface area contributed by atoms with Crippen molar-refractivity contribution in [2.24, 2.45) is 0 Å². The predicted molar refractivity (Wildman–Crippen MR) is 118 cm³/mol. The van der Waals surface area contributed by atoms with Crippen LogP contribution in [0.5, 0.6) is 11.5 Å². The molecule has 1 N–H and O–H groups in total. The number of carbonyl (C=O) groups excluding carboxylic acids is 1. The number of rotatable bonds is 7. The maximum absolute atomic E-state index is 12.6. The number of nitro benzene ring substituents is 1. The summed E-state index contributed by atoms with van der Waals surface area (Å²) in [6.07, 6.45) is 0. The van der Waals surface area contributed by atoms with Crippen LogP contribution in [0.3, 0.4) is 0 Å². The molecule has 0 aliphatic rings. The summed E-state index contributed by atoms with van der Waals surface area (Å²) in [7, 11) is -2.85. The molecule has 0 spiro atoms. The minimum Gasteiger partial charge on any atom is -0.495 e. The first-order chi connectivity index (χ1) is 15.1. The van der Waals surface area contributed by atoms with Crippen LogP contribution < -0.4 is 14.2 Å². The van der Waals surface area contributed by atoms with Crippen molar-refractivity contribution in [2.45, 2.75) is 11.8 Å². The van der Waals surface area contributed by atoms with Crippen LogP contribution in [0.1, 0.15) is 15.9 Å². The number of halogens is 1. The van der Waals surface area contributed by atoms with Gasteiger partial charge in [0.2, 0.25) is 0 Å². The summed E-state index contributed by atoms with van der Waals surface area (Å²) < 4.78 is 35.3. The van der Waals surface area contributed by atoms with Gasteiger partial charge < -0.3 is 14.2 Å². The highest BCUT2D eigenvalue weighted by Crippen LogP contribution is 2.28. The Balaban J connectivity index is 1.75. The first-order valence-electron chi connectivity index (χ1n) is 9.05. The quantitative estimate of drug-likeness (QED) is 0.300. The number of nitrogens with one attached hydrogen (secondary N) is 1. The summed E-state index contributed by atoms with van der Waals surface area (Å²) in [6.45, 7) is 1.50. The molecule has 0 saturated carbocycles. The molecular formula is C21H17ClN2O7S. The second-order valence-electron chi connectivity index (χ2n) is 6.57. The molecule has 0 atom stereocenters. The van der Waals surface area contributed by atoms with Crippen LogP contribution in [0.4, 0.5) is 11.4 Å². The zero-order chi connectivity index (χ0) is 23.5. The Morgan fingerprint density at radius 3 is 2.34 bits per heavy atom. The highest BCUT2D eigenvalue weighted by Gasteiger charge is 2.23. The molecule has 11 heteroatoms. The number of hydrogen-bond acceptors (Lipinski definition) is 7. The van der Waals surface area contributed by atoms with Gasteiger partial charge in [0.1, 0.15) is 16.4 Å². The standard InChI is InChI=1S/C21H17ClN2O7S/c1-13-3-7-16(24(26)27)12-20(13)32(28,29)31-17-8-4-14(5-9-17)21(25)23-15-6-10-19(30-2)18(22)11-15/h3-12H,1-2H3,(H,23,25). The van der Waals surface area contributed by atoms with Gasteiger partial charge in [-0.2, -0.15) is 8.42 Å². The fourth-order valence-electron chi connectivity index (χ4n) is 2.75. The SMILES string of the molecule is COc1ccc(NC(=O)c2ccc(OS(=O)(=O)c3cc([N+](=O)[O-])ccc3C)cc2)cc1Cl. The summed E-state index contributed by atoms with van der Waals surface area (Å²) >= 11 is 6.04. The van der Waals surface area contributed by atoms with E-state index in [9.17, 15) is 23.3 Å². The number of nitro groups is 1. The molecule has 3 aromatic rings. The lowest BCUT2D eigenvalue weighted by Gasteiger charge is -2.10. The molecule has 0 aliphatic heterocycles. The van der Waals surface area contributed by atoms with Gasteiger partial charge in [-0.25, -0.2) is 0 Å². The van der Waals surface area contributed by atoms with Crippen LogP contribution in [-0.2, 0) is 10.1 Å². The average Bonchev–Trinajstić information content (AvgIpc) is 2.74. The zero-order valence-corrected chi connectivity index (χ0v) is 18.4. The maximum atomic E-state index is 12.6. The molecule has 3 rings (SSSR count). The minimum atomic E-state index is -4.32. The van der Waals surface area contributed by atoms with Gasteiger partial charge in [0.25, 0.3) is 11.6 Å². The number of benzene rings is 3. The van der Waals surface area contributed by atoms with Gasteiger partial charge in [0.15, 0.2) is 0 Å². The largest absolute Gasteiger partial charge is 0.495 e. The molecule has 0 fully saturated rings. The van der Waals surface area contributed by atoms with Crippen LogP contribution in [0, 0.1) is 17.0 Å². The van der Waals surface area contributed by atoms with Gasteiger partial charge >= 0.3 is 10.1 Å². The van der Waals surface area contributed by atoms with Gasteiger partial charge in [-0.3, -0.25) is 14.9 Å². The molecule has 0 unspecified atom stereocenters. The molecule has 32 heavy (non-hydrogen) atoms. The number of aryl methyl sites for hydroxylation is 1. The first kappa shape index (κ1) is 23.0. The lowest BCUT2D eigenvalue weighted by molar-refractivity contribution is -0.385. The van der Waals surface area contributed by atoms with Gasteiger partial charge in [-0.05, 0) is 55.0 Å². The predicted octanol–water partition coefficient (Wildman–Crippen LogP) is 4.59. The number of amides is 1. The fraction of sp³-hybridized carbons (Fsp3) is 0.0952. The van der Waals surface area contributed by atoms with E-state index in [0.29, 0.717) is 22.0 Å². The summed E-state index contributed by atoms with van der Waals surface area (Å²) in [4.78, 5) is 22.4. The van der Waals surface area contributed by atoms with Crippen molar-refractivity contribution < 1.29 is 27.1 Å². The molecule has 0 aromatic heterocycles. The van der Waals surface area contributed by atoms with Gasteiger partial charge in [0.05, 0.1) is 17.1 Å². The fourth-order valence-corrected chi connectivity index (χ4v) is 4.19. The number of anilines is 1. The Morgan fingerprint density at radius 1 is 1.06 bits per heavy atom. The number of carbonyl (C=O) groups is 1. The van der Waals surface area contributed by atoms with E-state index in [0.717, 1.165) is 6.07 Å². The second-order valence-corrected chi connectivity index (χ2v) is 8.49. The van der Waals surface area contributed by atoms with Crippen molar-refractivity contribution in [3.05, 3.63) is 86.9 Å². The Kier molecular flexibility index (Phi) is 6.66. The summed E-state index contributed by atoms with van der Waals surface area (Å²) in [5.41, 5.74) is 0.617. The molecule has 1 amide bonds. The maximum Gasteiger partial charge on any atom is 0.339 e. The third-order valence-electron chi connectivity index (χ3n) is 4.38. The van der Waals surface area contributed by atoms with E-state index >= 15 is 0 Å². The molecular weight excluding hydrogens is 460 g/mol. The molecule has 0 saturated heterocycles. The molecule has 3 aromatic carbocycles. The van der Waals surface area contributed by atoms with Crippen LogP contribution in [0.25, 0.3) is 0 Å². The lowest BCUT2D eigenvalue weighted by Crippen LogP contribution is -2.13. The molecule has 0 heterocycles. The third-order valence-corrected chi connectivity index (χ3v) is 6.07. The van der Waals surface area contributed by atoms with Crippen LogP contribution in [0.15, 0.2) is 65.6 Å². The molecule has 0 aliphatic carbocycles. The highest BCUT2D eigenvalue weighted by atomic mass is 35.5.